The Morgan fingerprint density at radius 2 is 1.73 bits per heavy atom. The Labute approximate surface area is 234 Å². The molecule has 1 spiro atoms. The Bertz CT molecular complexity index is 1220. The lowest BCUT2D eigenvalue weighted by Gasteiger charge is -2.43. The third-order valence-electron chi connectivity index (χ3n) is 8.61. The van der Waals surface area contributed by atoms with Gasteiger partial charge in [-0.05, 0) is 69.1 Å². The molecule has 2 amide bonds. The van der Waals surface area contributed by atoms with Crippen LogP contribution in [0.1, 0.15) is 50.2 Å². The van der Waals surface area contributed by atoms with Gasteiger partial charge in [-0.3, -0.25) is 14.4 Å². The van der Waals surface area contributed by atoms with Crippen LogP contribution in [0.15, 0.2) is 48.5 Å². The van der Waals surface area contributed by atoms with Crippen molar-refractivity contribution < 1.29 is 27.9 Å². The standard InChI is InChI=1S/C31H39F2N3O4/c1-30(2,34-3)27(37)16-23(19-40-18-21-6-10-24(32)11-7-21)28(38)36-15-5-14-31(20-36)26(17-35(4)29(31)39)22-8-12-25(33)13-9-22/h6-13,23,26,34H,5,14-20H2,1-4H3/t23-,26?,31?/m1/s1. The van der Waals surface area contributed by atoms with Gasteiger partial charge < -0.3 is 19.9 Å². The lowest BCUT2D eigenvalue weighted by Crippen LogP contribution is -2.54. The molecule has 2 aromatic carbocycles. The number of piperidine rings is 1. The quantitative estimate of drug-likeness (QED) is 0.481. The fourth-order valence-corrected chi connectivity index (χ4v) is 5.91. The number of ketones is 1. The topological polar surface area (TPSA) is 79.0 Å². The van der Waals surface area contributed by atoms with Crippen LogP contribution < -0.4 is 5.32 Å². The summed E-state index contributed by atoms with van der Waals surface area (Å²) in [4.78, 5) is 44.1. The van der Waals surface area contributed by atoms with Gasteiger partial charge in [0.15, 0.2) is 5.78 Å². The number of nitrogens with one attached hydrogen (secondary N) is 1. The molecule has 2 heterocycles. The fraction of sp³-hybridized carbons (Fsp3) is 0.516. The summed E-state index contributed by atoms with van der Waals surface area (Å²) in [5.41, 5.74) is -0.00308. The van der Waals surface area contributed by atoms with Crippen LogP contribution in [0.25, 0.3) is 0 Å². The summed E-state index contributed by atoms with van der Waals surface area (Å²) in [7, 11) is 3.46. The number of carbonyl (C=O) groups excluding carboxylic acids is 3. The average Bonchev–Trinajstić information content (AvgIpc) is 3.18. The zero-order valence-electron chi connectivity index (χ0n) is 23.7. The van der Waals surface area contributed by atoms with Crippen molar-refractivity contribution in [3.8, 4) is 0 Å². The Balaban J connectivity index is 1.55. The first-order valence-corrected chi connectivity index (χ1v) is 13.8. The van der Waals surface area contributed by atoms with Crippen molar-refractivity contribution in [2.45, 2.75) is 51.2 Å². The van der Waals surface area contributed by atoms with Crippen molar-refractivity contribution in [3.63, 3.8) is 0 Å². The zero-order valence-corrected chi connectivity index (χ0v) is 23.7. The number of nitrogens with zero attached hydrogens (tertiary/aromatic N) is 2. The molecule has 2 aliphatic rings. The van der Waals surface area contributed by atoms with Gasteiger partial charge in [0, 0.05) is 39.0 Å². The van der Waals surface area contributed by atoms with Crippen LogP contribution in [-0.4, -0.2) is 73.3 Å². The number of hydrogen-bond acceptors (Lipinski definition) is 5. The Morgan fingerprint density at radius 1 is 1.10 bits per heavy atom. The fourth-order valence-electron chi connectivity index (χ4n) is 5.91. The number of Topliss-reactive ketones (excluding diaryl/α,β-unsaturated/α-hetero) is 1. The molecule has 2 fully saturated rings. The van der Waals surface area contributed by atoms with Gasteiger partial charge >= 0.3 is 0 Å². The molecule has 7 nitrogen and oxygen atoms in total. The molecule has 2 aliphatic heterocycles. The highest BCUT2D eigenvalue weighted by Gasteiger charge is 2.55. The van der Waals surface area contributed by atoms with Crippen LogP contribution >= 0.6 is 0 Å². The molecule has 1 N–H and O–H groups in total. The molecule has 2 unspecified atom stereocenters. The second-order valence-corrected chi connectivity index (χ2v) is 11.7. The van der Waals surface area contributed by atoms with E-state index in [1.54, 1.807) is 62.0 Å². The molecule has 0 saturated carbocycles. The molecule has 2 saturated heterocycles. The van der Waals surface area contributed by atoms with E-state index in [1.807, 2.05) is 0 Å². The molecular weight excluding hydrogens is 516 g/mol. The molecule has 0 aliphatic carbocycles. The van der Waals surface area contributed by atoms with Gasteiger partial charge in [0.1, 0.15) is 11.6 Å². The van der Waals surface area contributed by atoms with E-state index in [-0.39, 0.29) is 61.3 Å². The van der Waals surface area contributed by atoms with E-state index < -0.39 is 16.9 Å². The smallest absolute Gasteiger partial charge is 0.231 e. The third-order valence-corrected chi connectivity index (χ3v) is 8.61. The number of carbonyl (C=O) groups is 3. The summed E-state index contributed by atoms with van der Waals surface area (Å²) in [5, 5.41) is 3.00. The van der Waals surface area contributed by atoms with E-state index in [0.717, 1.165) is 11.1 Å². The number of likely N-dealkylation sites (tertiary alicyclic amines) is 2. The van der Waals surface area contributed by atoms with Crippen LogP contribution in [-0.2, 0) is 25.7 Å². The molecule has 2 aromatic rings. The van der Waals surface area contributed by atoms with E-state index in [4.69, 9.17) is 4.74 Å². The highest BCUT2D eigenvalue weighted by molar-refractivity contribution is 5.93. The molecule has 4 rings (SSSR count). The van der Waals surface area contributed by atoms with Gasteiger partial charge in [-0.25, -0.2) is 8.78 Å². The number of ether oxygens (including phenoxy) is 1. The molecule has 0 aromatic heterocycles. The molecule has 0 bridgehead atoms. The van der Waals surface area contributed by atoms with Crippen LogP contribution in [0.4, 0.5) is 8.78 Å². The molecule has 9 heteroatoms. The first-order valence-electron chi connectivity index (χ1n) is 13.8. The predicted octanol–water partition coefficient (Wildman–Crippen LogP) is 3.92. The summed E-state index contributed by atoms with van der Waals surface area (Å²) in [6, 6.07) is 12.2. The summed E-state index contributed by atoms with van der Waals surface area (Å²) in [5.74, 6) is -1.97. The predicted molar refractivity (Wildman–Crippen MR) is 147 cm³/mol. The van der Waals surface area contributed by atoms with E-state index in [9.17, 15) is 23.2 Å². The lowest BCUT2D eigenvalue weighted by molar-refractivity contribution is -0.148. The van der Waals surface area contributed by atoms with Crippen molar-refractivity contribution >= 4 is 17.6 Å². The van der Waals surface area contributed by atoms with Gasteiger partial charge in [0.2, 0.25) is 11.8 Å². The first-order chi connectivity index (χ1) is 19.0. The Kier molecular flexibility index (Phi) is 9.05. The Hall–Kier alpha value is -3.17. The maximum Gasteiger partial charge on any atom is 0.231 e. The van der Waals surface area contributed by atoms with E-state index >= 15 is 0 Å². The van der Waals surface area contributed by atoms with Crippen LogP contribution in [0.2, 0.25) is 0 Å². The monoisotopic (exact) mass is 555 g/mol. The Morgan fingerprint density at radius 3 is 2.35 bits per heavy atom. The number of amides is 2. The summed E-state index contributed by atoms with van der Waals surface area (Å²) >= 11 is 0. The van der Waals surface area contributed by atoms with Gasteiger partial charge in [-0.1, -0.05) is 24.3 Å². The number of rotatable bonds is 10. The molecular formula is C31H39F2N3O4. The van der Waals surface area contributed by atoms with Gasteiger partial charge in [0.05, 0.1) is 30.1 Å². The minimum absolute atomic E-state index is 0.0144. The first kappa shape index (κ1) is 29.8. The van der Waals surface area contributed by atoms with E-state index in [2.05, 4.69) is 5.32 Å². The number of hydrogen-bond donors (Lipinski definition) is 1. The van der Waals surface area contributed by atoms with Crippen molar-refractivity contribution in [3.05, 3.63) is 71.3 Å². The lowest BCUT2D eigenvalue weighted by atomic mass is 9.69. The van der Waals surface area contributed by atoms with E-state index in [0.29, 0.717) is 25.9 Å². The van der Waals surface area contributed by atoms with Crippen LogP contribution in [0.5, 0.6) is 0 Å². The maximum atomic E-state index is 14.0. The third kappa shape index (κ3) is 6.25. The normalized spacial score (nSPS) is 22.1. The van der Waals surface area contributed by atoms with Crippen LogP contribution in [0.3, 0.4) is 0 Å². The van der Waals surface area contributed by atoms with Crippen molar-refractivity contribution in [2.24, 2.45) is 11.3 Å². The average molecular weight is 556 g/mol. The molecule has 3 atom stereocenters. The summed E-state index contributed by atoms with van der Waals surface area (Å²) in [6.45, 7) is 4.93. The van der Waals surface area contributed by atoms with Gasteiger partial charge in [0.25, 0.3) is 0 Å². The van der Waals surface area contributed by atoms with Crippen molar-refractivity contribution in [2.75, 3.05) is 40.3 Å². The van der Waals surface area contributed by atoms with Crippen molar-refractivity contribution in [1.82, 2.24) is 15.1 Å². The second kappa shape index (κ2) is 12.1. The SMILES string of the molecule is CNC(C)(C)C(=O)C[C@H](COCc1ccc(F)cc1)C(=O)N1CCCC2(C1)C(=O)N(C)CC2c1ccc(F)cc1. The maximum absolute atomic E-state index is 14.0. The van der Waals surface area contributed by atoms with Gasteiger partial charge in [-0.2, -0.15) is 0 Å². The number of likely N-dealkylation sites (N-methyl/N-ethyl adjacent to an activating group) is 2. The minimum atomic E-state index is -0.823. The second-order valence-electron chi connectivity index (χ2n) is 11.7. The highest BCUT2D eigenvalue weighted by atomic mass is 19.1. The van der Waals surface area contributed by atoms with E-state index in [1.165, 1.54) is 24.3 Å². The van der Waals surface area contributed by atoms with Crippen LogP contribution in [0, 0.1) is 23.0 Å². The van der Waals surface area contributed by atoms with Crippen molar-refractivity contribution in [1.29, 1.82) is 0 Å². The highest BCUT2D eigenvalue weighted by Crippen LogP contribution is 2.49. The number of benzene rings is 2. The number of halogens is 2. The molecule has 216 valence electrons. The molecule has 0 radical (unpaired) electrons. The molecule has 40 heavy (non-hydrogen) atoms. The minimum Gasteiger partial charge on any atom is -0.376 e. The largest absolute Gasteiger partial charge is 0.376 e. The summed E-state index contributed by atoms with van der Waals surface area (Å²) < 4.78 is 32.8. The van der Waals surface area contributed by atoms with Gasteiger partial charge in [-0.15, -0.1) is 0 Å². The zero-order chi connectivity index (χ0) is 29.1. The summed E-state index contributed by atoms with van der Waals surface area (Å²) in [6.07, 6.45) is 1.25.